The third kappa shape index (κ3) is 6.80. The fraction of sp³-hybridized carbons (Fsp3) is 0.450. The number of anilines is 1. The highest BCUT2D eigenvalue weighted by Crippen LogP contribution is 2.34. The number of nitrogens with one attached hydrogen (secondary N) is 1. The van der Waals surface area contributed by atoms with Gasteiger partial charge in [0.15, 0.2) is 18.3 Å². The Hall–Kier alpha value is -3.38. The second-order valence-corrected chi connectivity index (χ2v) is 7.13. The van der Waals surface area contributed by atoms with Crippen molar-refractivity contribution in [1.82, 2.24) is 0 Å². The number of benzene rings is 1. The largest absolute Gasteiger partial charge is 0.467 e. The van der Waals surface area contributed by atoms with Crippen LogP contribution >= 0.6 is 11.6 Å². The van der Waals surface area contributed by atoms with Crippen molar-refractivity contribution in [3.8, 4) is 5.75 Å². The van der Waals surface area contributed by atoms with Crippen molar-refractivity contribution in [3.63, 3.8) is 0 Å². The molecule has 0 radical (unpaired) electrons. The summed E-state index contributed by atoms with van der Waals surface area (Å²) < 4.78 is 31.8. The van der Waals surface area contributed by atoms with Crippen molar-refractivity contribution < 1.29 is 52.4 Å². The number of carbonyl (C=O) groups excluding carboxylic acids is 5. The lowest BCUT2D eigenvalue weighted by Gasteiger charge is -2.43. The van der Waals surface area contributed by atoms with Gasteiger partial charge in [0.05, 0.1) is 12.8 Å². The predicted octanol–water partition coefficient (Wildman–Crippen LogP) is 0.980. The molecule has 1 heterocycles. The Bertz CT molecular complexity index is 921. The zero-order chi connectivity index (χ0) is 24.7. The molecule has 0 bridgehead atoms. The molecule has 1 aliphatic heterocycles. The van der Waals surface area contributed by atoms with Gasteiger partial charge in [0.1, 0.15) is 5.75 Å². The van der Waals surface area contributed by atoms with Gasteiger partial charge in [-0.05, 0) is 18.2 Å². The Morgan fingerprint density at radius 2 is 1.55 bits per heavy atom. The minimum absolute atomic E-state index is 0.0183. The normalized spacial score (nSPS) is 24.1. The summed E-state index contributed by atoms with van der Waals surface area (Å²) in [6, 6.07) is 4.20. The second kappa shape index (κ2) is 11.5. The Kier molecular flexibility index (Phi) is 9.00. The van der Waals surface area contributed by atoms with Gasteiger partial charge in [-0.2, -0.15) is 0 Å². The van der Waals surface area contributed by atoms with E-state index < -0.39 is 54.6 Å². The molecule has 1 amide bonds. The van der Waals surface area contributed by atoms with Crippen LogP contribution in [0.2, 0.25) is 5.02 Å². The summed E-state index contributed by atoms with van der Waals surface area (Å²) in [4.78, 5) is 58.7. The van der Waals surface area contributed by atoms with Crippen molar-refractivity contribution in [2.45, 2.75) is 51.5 Å². The maximum absolute atomic E-state index is 12.4. The Morgan fingerprint density at radius 1 is 0.970 bits per heavy atom. The maximum Gasteiger partial charge on any atom is 0.339 e. The summed E-state index contributed by atoms with van der Waals surface area (Å²) in [5.41, 5.74) is 0.128. The zero-order valence-electron chi connectivity index (χ0n) is 18.1. The van der Waals surface area contributed by atoms with E-state index in [1.165, 1.54) is 18.2 Å². The summed E-state index contributed by atoms with van der Waals surface area (Å²) in [5.74, 6) is -3.42. The van der Waals surface area contributed by atoms with E-state index in [-0.39, 0.29) is 16.5 Å². The number of esters is 4. The molecule has 13 heteroatoms. The molecule has 2 rings (SSSR count). The first-order valence-electron chi connectivity index (χ1n) is 9.48. The maximum atomic E-state index is 12.4. The van der Waals surface area contributed by atoms with Crippen molar-refractivity contribution in [1.29, 1.82) is 0 Å². The molecule has 12 nitrogen and oxygen atoms in total. The van der Waals surface area contributed by atoms with Crippen LogP contribution < -0.4 is 10.1 Å². The van der Waals surface area contributed by atoms with Crippen molar-refractivity contribution in [3.05, 3.63) is 23.2 Å². The first-order chi connectivity index (χ1) is 15.6. The first kappa shape index (κ1) is 25.9. The fourth-order valence-corrected chi connectivity index (χ4v) is 3.25. The van der Waals surface area contributed by atoms with Gasteiger partial charge < -0.3 is 33.7 Å². The SMILES string of the molecule is COC(=O)[C@H]1O[C@@H](Oc2ccc(Cl)cc2NC=O)[C@H](OC(C)=O)[C@@H](OC(C)=O)[C@@H]1OC(C)=O. The number of hydrogen-bond donors (Lipinski definition) is 1. The molecular formula is C20H22ClNO11. The number of methoxy groups -OCH3 is 1. The van der Waals surface area contributed by atoms with Gasteiger partial charge in [-0.25, -0.2) is 4.79 Å². The van der Waals surface area contributed by atoms with Gasteiger partial charge in [-0.1, -0.05) is 11.6 Å². The molecule has 0 unspecified atom stereocenters. The van der Waals surface area contributed by atoms with E-state index in [0.29, 0.717) is 6.41 Å². The molecule has 5 atom stereocenters. The van der Waals surface area contributed by atoms with Crippen LogP contribution in [-0.2, 0) is 47.7 Å². The highest BCUT2D eigenvalue weighted by atomic mass is 35.5. The van der Waals surface area contributed by atoms with Crippen molar-refractivity contribution >= 4 is 47.6 Å². The van der Waals surface area contributed by atoms with Crippen LogP contribution in [0.5, 0.6) is 5.75 Å². The number of rotatable bonds is 8. The van der Waals surface area contributed by atoms with Crippen LogP contribution in [0.25, 0.3) is 0 Å². The van der Waals surface area contributed by atoms with Gasteiger partial charge >= 0.3 is 23.9 Å². The molecule has 1 fully saturated rings. The van der Waals surface area contributed by atoms with Gasteiger partial charge in [0, 0.05) is 25.8 Å². The third-order valence-corrected chi connectivity index (χ3v) is 4.47. The van der Waals surface area contributed by atoms with Crippen LogP contribution in [0.1, 0.15) is 20.8 Å². The quantitative estimate of drug-likeness (QED) is 0.317. The lowest BCUT2D eigenvalue weighted by Crippen LogP contribution is -2.64. The molecule has 1 N–H and O–H groups in total. The molecule has 0 spiro atoms. The molecule has 1 aromatic rings. The average molecular weight is 488 g/mol. The Morgan fingerprint density at radius 3 is 2.09 bits per heavy atom. The van der Waals surface area contributed by atoms with Crippen LogP contribution in [0.4, 0.5) is 5.69 Å². The minimum atomic E-state index is -1.62. The molecule has 180 valence electrons. The first-order valence-corrected chi connectivity index (χ1v) is 9.86. The standard InChI is InChI=1S/C20H22ClNO11/c1-9(24)29-15-16(30-10(2)25)18(31-11(3)26)20(33-17(15)19(27)28-4)32-14-6-5-12(21)7-13(14)22-8-23/h5-8,15-18,20H,1-4H3,(H,22,23)/t15-,16-,17-,18+,20+/m0/s1. The summed E-state index contributed by atoms with van der Waals surface area (Å²) in [6.07, 6.45) is -7.33. The zero-order valence-corrected chi connectivity index (χ0v) is 18.8. The fourth-order valence-electron chi connectivity index (χ4n) is 3.08. The molecule has 0 saturated carbocycles. The molecule has 0 aliphatic carbocycles. The van der Waals surface area contributed by atoms with E-state index in [0.717, 1.165) is 27.9 Å². The monoisotopic (exact) mass is 487 g/mol. The molecule has 1 aromatic carbocycles. The average Bonchev–Trinajstić information content (AvgIpc) is 2.72. The van der Waals surface area contributed by atoms with Crippen LogP contribution in [0.15, 0.2) is 18.2 Å². The number of ether oxygens (including phenoxy) is 6. The molecule has 1 aliphatic rings. The lowest BCUT2D eigenvalue weighted by atomic mass is 9.97. The highest BCUT2D eigenvalue weighted by molar-refractivity contribution is 6.31. The van der Waals surface area contributed by atoms with Crippen LogP contribution in [0, 0.1) is 0 Å². The van der Waals surface area contributed by atoms with E-state index in [9.17, 15) is 24.0 Å². The number of halogens is 1. The van der Waals surface area contributed by atoms with E-state index in [4.69, 9.17) is 40.0 Å². The van der Waals surface area contributed by atoms with Gasteiger partial charge in [-0.15, -0.1) is 0 Å². The summed E-state index contributed by atoms with van der Waals surface area (Å²) in [7, 11) is 1.07. The second-order valence-electron chi connectivity index (χ2n) is 6.69. The smallest absolute Gasteiger partial charge is 0.339 e. The lowest BCUT2D eigenvalue weighted by molar-refractivity contribution is -0.282. The van der Waals surface area contributed by atoms with E-state index in [2.05, 4.69) is 5.32 Å². The number of amides is 1. The van der Waals surface area contributed by atoms with Crippen molar-refractivity contribution in [2.75, 3.05) is 12.4 Å². The molecule has 0 aromatic heterocycles. The van der Waals surface area contributed by atoms with Crippen LogP contribution in [-0.4, -0.2) is 68.1 Å². The highest BCUT2D eigenvalue weighted by Gasteiger charge is 2.55. The van der Waals surface area contributed by atoms with E-state index in [1.54, 1.807) is 0 Å². The topological polar surface area (TPSA) is 153 Å². The van der Waals surface area contributed by atoms with Crippen LogP contribution in [0.3, 0.4) is 0 Å². The minimum Gasteiger partial charge on any atom is -0.467 e. The molecular weight excluding hydrogens is 466 g/mol. The van der Waals surface area contributed by atoms with Gasteiger partial charge in [-0.3, -0.25) is 19.2 Å². The van der Waals surface area contributed by atoms with Gasteiger partial charge in [0.25, 0.3) is 0 Å². The summed E-state index contributed by atoms with van der Waals surface area (Å²) >= 11 is 5.95. The Balaban J connectivity index is 2.55. The Labute approximate surface area is 193 Å². The summed E-state index contributed by atoms with van der Waals surface area (Å²) in [6.45, 7) is 3.21. The van der Waals surface area contributed by atoms with E-state index in [1.807, 2.05) is 0 Å². The van der Waals surface area contributed by atoms with Crippen molar-refractivity contribution in [2.24, 2.45) is 0 Å². The molecule has 1 saturated heterocycles. The predicted molar refractivity (Wildman–Crippen MR) is 109 cm³/mol. The number of hydrogen-bond acceptors (Lipinski definition) is 11. The van der Waals surface area contributed by atoms with E-state index >= 15 is 0 Å². The summed E-state index contributed by atoms with van der Waals surface area (Å²) in [5, 5.41) is 2.66. The number of carbonyl (C=O) groups is 5. The molecule has 33 heavy (non-hydrogen) atoms. The van der Waals surface area contributed by atoms with Gasteiger partial charge in [0.2, 0.25) is 18.8 Å². The third-order valence-electron chi connectivity index (χ3n) is 4.23.